The molecule has 2 aromatic rings. The minimum atomic E-state index is 0.516. The Morgan fingerprint density at radius 1 is 1.21 bits per heavy atom. The predicted molar refractivity (Wildman–Crippen MR) is 97.4 cm³/mol. The lowest BCUT2D eigenvalue weighted by molar-refractivity contribution is 0.0725. The van der Waals surface area contributed by atoms with Crippen LogP contribution in [0.1, 0.15) is 29.4 Å². The fourth-order valence-electron chi connectivity index (χ4n) is 3.20. The molecule has 24 heavy (non-hydrogen) atoms. The Balaban J connectivity index is 1.57. The van der Waals surface area contributed by atoms with E-state index in [-0.39, 0.29) is 0 Å². The number of piperazine rings is 1. The second-order valence-electron chi connectivity index (χ2n) is 6.31. The van der Waals surface area contributed by atoms with E-state index in [0.717, 1.165) is 48.5 Å². The van der Waals surface area contributed by atoms with E-state index in [1.807, 2.05) is 19.9 Å². The molecule has 0 amide bonds. The van der Waals surface area contributed by atoms with Crippen molar-refractivity contribution in [1.29, 1.82) is 0 Å². The third-order valence-corrected chi connectivity index (χ3v) is 5.25. The maximum atomic E-state index is 5.76. The second kappa shape index (κ2) is 8.05. The first kappa shape index (κ1) is 17.3. The minimum Gasteiger partial charge on any atom is -0.494 e. The molecule has 1 saturated heterocycles. The summed E-state index contributed by atoms with van der Waals surface area (Å²) in [5.74, 6) is 1.01. The molecule has 6 heteroatoms. The summed E-state index contributed by atoms with van der Waals surface area (Å²) >= 11 is 1.70. The molecule has 1 aromatic heterocycles. The van der Waals surface area contributed by atoms with Gasteiger partial charge in [0.1, 0.15) is 15.8 Å². The average Bonchev–Trinajstić information content (AvgIpc) is 2.97. The number of aromatic nitrogens is 2. The summed E-state index contributed by atoms with van der Waals surface area (Å²) in [7, 11) is 0. The van der Waals surface area contributed by atoms with Gasteiger partial charge in [-0.2, -0.15) is 0 Å². The van der Waals surface area contributed by atoms with E-state index in [2.05, 4.69) is 45.1 Å². The number of aryl methyl sites for hydroxylation is 1. The van der Waals surface area contributed by atoms with Crippen LogP contribution in [0.15, 0.2) is 24.3 Å². The van der Waals surface area contributed by atoms with E-state index in [1.165, 1.54) is 5.56 Å². The van der Waals surface area contributed by atoms with Crippen molar-refractivity contribution >= 4 is 11.3 Å². The first-order valence-corrected chi connectivity index (χ1v) is 9.43. The second-order valence-corrected chi connectivity index (χ2v) is 7.58. The van der Waals surface area contributed by atoms with Crippen LogP contribution < -0.4 is 4.74 Å². The van der Waals surface area contributed by atoms with Crippen LogP contribution >= 0.6 is 11.3 Å². The lowest BCUT2D eigenvalue weighted by Gasteiger charge is -2.39. The summed E-state index contributed by atoms with van der Waals surface area (Å²) in [6.45, 7) is 12.1. The van der Waals surface area contributed by atoms with Crippen LogP contribution in [0.3, 0.4) is 0 Å². The van der Waals surface area contributed by atoms with Crippen molar-refractivity contribution in [2.75, 3.05) is 26.2 Å². The number of hydrogen-bond donors (Lipinski definition) is 0. The maximum absolute atomic E-state index is 5.76. The van der Waals surface area contributed by atoms with Crippen LogP contribution in [-0.2, 0) is 13.1 Å². The van der Waals surface area contributed by atoms with E-state index >= 15 is 0 Å². The van der Waals surface area contributed by atoms with Gasteiger partial charge in [-0.05, 0) is 26.8 Å². The molecule has 5 nitrogen and oxygen atoms in total. The minimum absolute atomic E-state index is 0.516. The van der Waals surface area contributed by atoms with Crippen LogP contribution in [0.25, 0.3) is 0 Å². The zero-order valence-corrected chi connectivity index (χ0v) is 15.6. The molecule has 130 valence electrons. The van der Waals surface area contributed by atoms with E-state index in [0.29, 0.717) is 12.6 Å². The highest BCUT2D eigenvalue weighted by atomic mass is 32.1. The molecule has 1 fully saturated rings. The number of para-hydroxylation sites is 1. The third kappa shape index (κ3) is 4.32. The largest absolute Gasteiger partial charge is 0.494 e. The fourth-order valence-corrected chi connectivity index (χ4v) is 3.93. The van der Waals surface area contributed by atoms with Gasteiger partial charge in [0, 0.05) is 37.8 Å². The topological polar surface area (TPSA) is 41.5 Å². The van der Waals surface area contributed by atoms with Crippen LogP contribution in [0.5, 0.6) is 5.75 Å². The fraction of sp³-hybridized carbons (Fsp3) is 0.556. The van der Waals surface area contributed by atoms with Crippen molar-refractivity contribution in [3.05, 3.63) is 39.8 Å². The molecular formula is C18H26N4OS. The SMILES string of the molecule is CCOc1ccccc1CN1CCN(Cc2nnc(C)s2)C(C)C1. The van der Waals surface area contributed by atoms with Gasteiger partial charge in [-0.3, -0.25) is 9.80 Å². The maximum Gasteiger partial charge on any atom is 0.131 e. The molecule has 0 aliphatic carbocycles. The Bertz CT molecular complexity index is 660. The molecular weight excluding hydrogens is 320 g/mol. The first-order chi connectivity index (χ1) is 11.7. The molecule has 0 radical (unpaired) electrons. The van der Waals surface area contributed by atoms with Gasteiger partial charge in [0.2, 0.25) is 0 Å². The van der Waals surface area contributed by atoms with Crippen molar-refractivity contribution < 1.29 is 4.74 Å². The van der Waals surface area contributed by atoms with Gasteiger partial charge in [0.25, 0.3) is 0 Å². The van der Waals surface area contributed by atoms with Crippen molar-refractivity contribution in [2.45, 2.75) is 39.9 Å². The molecule has 1 atom stereocenters. The molecule has 3 rings (SSSR count). The highest BCUT2D eigenvalue weighted by molar-refractivity contribution is 7.11. The van der Waals surface area contributed by atoms with Crippen LogP contribution in [0, 0.1) is 6.92 Å². The molecule has 0 bridgehead atoms. The molecule has 1 aromatic carbocycles. The average molecular weight is 347 g/mol. The van der Waals surface area contributed by atoms with Gasteiger partial charge in [-0.25, -0.2) is 0 Å². The van der Waals surface area contributed by atoms with Crippen LogP contribution in [-0.4, -0.2) is 52.3 Å². The zero-order chi connectivity index (χ0) is 16.9. The molecule has 2 heterocycles. The van der Waals surface area contributed by atoms with Gasteiger partial charge in [-0.15, -0.1) is 21.5 Å². The van der Waals surface area contributed by atoms with Crippen molar-refractivity contribution in [2.24, 2.45) is 0 Å². The van der Waals surface area contributed by atoms with E-state index in [9.17, 15) is 0 Å². The molecule has 0 spiro atoms. The number of nitrogens with zero attached hydrogens (tertiary/aromatic N) is 4. The molecule has 1 aliphatic heterocycles. The quantitative estimate of drug-likeness (QED) is 0.804. The summed E-state index contributed by atoms with van der Waals surface area (Å²) in [6.07, 6.45) is 0. The zero-order valence-electron chi connectivity index (χ0n) is 14.7. The molecule has 1 aliphatic rings. The van der Waals surface area contributed by atoms with Crippen molar-refractivity contribution in [3.63, 3.8) is 0 Å². The van der Waals surface area contributed by atoms with Gasteiger partial charge < -0.3 is 4.74 Å². The Morgan fingerprint density at radius 2 is 2.04 bits per heavy atom. The van der Waals surface area contributed by atoms with Gasteiger partial charge >= 0.3 is 0 Å². The van der Waals surface area contributed by atoms with E-state index in [4.69, 9.17) is 4.74 Å². The molecule has 0 saturated carbocycles. The molecule has 1 unspecified atom stereocenters. The van der Waals surface area contributed by atoms with Gasteiger partial charge in [-0.1, -0.05) is 18.2 Å². The number of ether oxygens (including phenoxy) is 1. The van der Waals surface area contributed by atoms with Crippen molar-refractivity contribution in [1.82, 2.24) is 20.0 Å². The van der Waals surface area contributed by atoms with Crippen LogP contribution in [0.2, 0.25) is 0 Å². The summed E-state index contributed by atoms with van der Waals surface area (Å²) in [5.41, 5.74) is 1.28. The van der Waals surface area contributed by atoms with E-state index < -0.39 is 0 Å². The highest BCUT2D eigenvalue weighted by Crippen LogP contribution is 2.22. The smallest absolute Gasteiger partial charge is 0.131 e. The Labute approximate surface area is 148 Å². The Kier molecular flexibility index (Phi) is 5.81. The third-order valence-electron chi connectivity index (χ3n) is 4.42. The molecule has 0 N–H and O–H groups in total. The predicted octanol–water partition coefficient (Wildman–Crippen LogP) is 2.95. The summed E-state index contributed by atoms with van der Waals surface area (Å²) in [6, 6.07) is 8.89. The number of rotatable bonds is 6. The highest BCUT2D eigenvalue weighted by Gasteiger charge is 2.25. The standard InChI is InChI=1S/C18H26N4OS/c1-4-23-17-8-6-5-7-16(17)12-21-9-10-22(14(2)11-21)13-18-20-19-15(3)24-18/h5-8,14H,4,9-13H2,1-3H3. The van der Waals surface area contributed by atoms with Crippen molar-refractivity contribution in [3.8, 4) is 5.75 Å². The lowest BCUT2D eigenvalue weighted by Crippen LogP contribution is -2.50. The van der Waals surface area contributed by atoms with Gasteiger partial charge in [0.15, 0.2) is 0 Å². The number of benzene rings is 1. The Morgan fingerprint density at radius 3 is 2.75 bits per heavy atom. The first-order valence-electron chi connectivity index (χ1n) is 8.61. The summed E-state index contributed by atoms with van der Waals surface area (Å²) in [5, 5.41) is 10.5. The summed E-state index contributed by atoms with van der Waals surface area (Å²) < 4.78 is 5.76. The summed E-state index contributed by atoms with van der Waals surface area (Å²) in [4.78, 5) is 5.02. The lowest BCUT2D eigenvalue weighted by atomic mass is 10.1. The number of hydrogen-bond acceptors (Lipinski definition) is 6. The normalized spacial score (nSPS) is 19.5. The van der Waals surface area contributed by atoms with E-state index in [1.54, 1.807) is 11.3 Å². The van der Waals surface area contributed by atoms with Crippen LogP contribution in [0.4, 0.5) is 0 Å². The Hall–Kier alpha value is -1.50. The monoisotopic (exact) mass is 346 g/mol. The van der Waals surface area contributed by atoms with Gasteiger partial charge in [0.05, 0.1) is 13.2 Å².